The number of hydrogen-bond acceptors (Lipinski definition) is 4. The molecule has 0 radical (unpaired) electrons. The Morgan fingerprint density at radius 1 is 1.42 bits per heavy atom. The first-order valence-corrected chi connectivity index (χ1v) is 7.57. The fourth-order valence-electron chi connectivity index (χ4n) is 2.31. The number of anilines is 1. The highest BCUT2D eigenvalue weighted by Gasteiger charge is 2.24. The summed E-state index contributed by atoms with van der Waals surface area (Å²) in [5.74, 6) is 1.08. The van der Waals surface area contributed by atoms with E-state index in [1.54, 1.807) is 6.07 Å². The van der Waals surface area contributed by atoms with Crippen molar-refractivity contribution in [3.8, 4) is 6.07 Å². The summed E-state index contributed by atoms with van der Waals surface area (Å²) in [5.41, 5.74) is 2.46. The zero-order valence-corrected chi connectivity index (χ0v) is 12.3. The monoisotopic (exact) mass is 276 g/mol. The van der Waals surface area contributed by atoms with Gasteiger partial charge in [0.1, 0.15) is 6.07 Å². The zero-order valence-electron chi connectivity index (χ0n) is 11.5. The van der Waals surface area contributed by atoms with Gasteiger partial charge in [-0.1, -0.05) is 19.9 Å². The first-order chi connectivity index (χ1) is 9.05. The Morgan fingerprint density at radius 3 is 2.89 bits per heavy atom. The van der Waals surface area contributed by atoms with Crippen LogP contribution < -0.4 is 4.90 Å². The van der Waals surface area contributed by atoms with E-state index < -0.39 is 0 Å². The highest BCUT2D eigenvalue weighted by atomic mass is 32.2. The van der Waals surface area contributed by atoms with Gasteiger partial charge >= 0.3 is 0 Å². The number of thioether (sulfide) groups is 1. The van der Waals surface area contributed by atoms with E-state index in [1.807, 2.05) is 23.9 Å². The topological polar surface area (TPSA) is 47.3 Å². The van der Waals surface area contributed by atoms with Crippen molar-refractivity contribution in [3.63, 3.8) is 0 Å². The average Bonchev–Trinajstić information content (AvgIpc) is 2.59. The van der Waals surface area contributed by atoms with Crippen LogP contribution in [0.5, 0.6) is 0 Å². The minimum Gasteiger partial charge on any atom is -0.392 e. The van der Waals surface area contributed by atoms with Gasteiger partial charge < -0.3 is 10.0 Å². The molecule has 0 atom stereocenters. The molecule has 0 spiro atoms. The van der Waals surface area contributed by atoms with Crippen LogP contribution in [0.3, 0.4) is 0 Å². The minimum atomic E-state index is -0.0160. The van der Waals surface area contributed by atoms with Gasteiger partial charge in [0.15, 0.2) is 0 Å². The lowest BCUT2D eigenvalue weighted by Crippen LogP contribution is -2.27. The molecule has 0 saturated carbocycles. The van der Waals surface area contributed by atoms with Crippen LogP contribution in [-0.4, -0.2) is 28.7 Å². The first-order valence-electron chi connectivity index (χ1n) is 6.58. The molecule has 2 rings (SSSR count). The van der Waals surface area contributed by atoms with Crippen molar-refractivity contribution in [2.45, 2.75) is 31.6 Å². The Bertz CT molecular complexity index is 493. The summed E-state index contributed by atoms with van der Waals surface area (Å²) in [6.07, 6.45) is 1.12. The molecule has 0 amide bonds. The Kier molecular flexibility index (Phi) is 4.38. The smallest absolute Gasteiger partial charge is 0.101 e. The molecule has 1 aliphatic rings. The van der Waals surface area contributed by atoms with Crippen molar-refractivity contribution in [1.29, 1.82) is 5.26 Å². The maximum absolute atomic E-state index is 9.28. The van der Waals surface area contributed by atoms with Crippen LogP contribution in [0.1, 0.15) is 31.4 Å². The SMILES string of the molecule is CC1(C)CCN(c2ccc(CO)cc2C#N)CCS1. The maximum Gasteiger partial charge on any atom is 0.101 e. The Hall–Kier alpha value is -1.18. The van der Waals surface area contributed by atoms with Gasteiger partial charge in [-0.15, -0.1) is 0 Å². The Balaban J connectivity index is 2.24. The summed E-state index contributed by atoms with van der Waals surface area (Å²) in [6, 6.07) is 7.91. The van der Waals surface area contributed by atoms with E-state index in [9.17, 15) is 5.26 Å². The molecular formula is C15H20N2OS. The van der Waals surface area contributed by atoms with E-state index in [1.165, 1.54) is 0 Å². The zero-order chi connectivity index (χ0) is 13.9. The van der Waals surface area contributed by atoms with Crippen LogP contribution in [0.4, 0.5) is 5.69 Å². The summed E-state index contributed by atoms with van der Waals surface area (Å²) < 4.78 is 0.312. The maximum atomic E-state index is 9.28. The van der Waals surface area contributed by atoms with Crippen molar-refractivity contribution in [2.75, 3.05) is 23.7 Å². The molecule has 0 aromatic heterocycles. The van der Waals surface area contributed by atoms with Gasteiger partial charge in [0.2, 0.25) is 0 Å². The second-order valence-corrected chi connectivity index (χ2v) is 7.27. The van der Waals surface area contributed by atoms with E-state index in [-0.39, 0.29) is 6.61 Å². The standard InChI is InChI=1S/C15H20N2OS/c1-15(2)5-6-17(7-8-19-15)14-4-3-12(11-18)9-13(14)10-16/h3-4,9,18H,5-8,11H2,1-2H3. The number of nitriles is 1. The Labute approximate surface area is 119 Å². The third-order valence-corrected chi connectivity index (χ3v) is 4.91. The van der Waals surface area contributed by atoms with Crippen molar-refractivity contribution in [2.24, 2.45) is 0 Å². The van der Waals surface area contributed by atoms with Crippen LogP contribution in [0.2, 0.25) is 0 Å². The molecule has 1 fully saturated rings. The normalized spacial score (nSPS) is 18.7. The summed E-state index contributed by atoms with van der Waals surface area (Å²) >= 11 is 2.00. The molecule has 1 aromatic rings. The molecule has 1 aromatic carbocycles. The molecule has 0 bridgehead atoms. The van der Waals surface area contributed by atoms with Gasteiger partial charge in [0, 0.05) is 23.6 Å². The third-order valence-electron chi connectivity index (χ3n) is 3.54. The van der Waals surface area contributed by atoms with Gasteiger partial charge in [0.25, 0.3) is 0 Å². The van der Waals surface area contributed by atoms with Gasteiger partial charge in [-0.2, -0.15) is 17.0 Å². The molecule has 1 aliphatic heterocycles. The number of rotatable bonds is 2. The molecule has 3 nitrogen and oxygen atoms in total. The summed E-state index contributed by atoms with van der Waals surface area (Å²) in [5, 5.41) is 18.4. The van der Waals surface area contributed by atoms with Gasteiger partial charge in [-0.3, -0.25) is 0 Å². The summed E-state index contributed by atoms with van der Waals surface area (Å²) in [6.45, 7) is 6.49. The molecule has 1 N–H and O–H groups in total. The minimum absolute atomic E-state index is 0.0160. The molecule has 0 unspecified atom stereocenters. The second kappa shape index (κ2) is 5.85. The average molecular weight is 276 g/mol. The first kappa shape index (κ1) is 14.2. The van der Waals surface area contributed by atoms with Crippen LogP contribution in [-0.2, 0) is 6.61 Å². The number of benzene rings is 1. The van der Waals surface area contributed by atoms with Crippen molar-refractivity contribution in [3.05, 3.63) is 29.3 Å². The van der Waals surface area contributed by atoms with Crippen LogP contribution >= 0.6 is 11.8 Å². The molecule has 19 heavy (non-hydrogen) atoms. The molecular weight excluding hydrogens is 256 g/mol. The number of nitrogens with zero attached hydrogens (tertiary/aromatic N) is 2. The Morgan fingerprint density at radius 2 is 2.21 bits per heavy atom. The second-order valence-electron chi connectivity index (χ2n) is 5.47. The van der Waals surface area contributed by atoms with E-state index in [2.05, 4.69) is 24.8 Å². The van der Waals surface area contributed by atoms with Crippen molar-refractivity contribution in [1.82, 2.24) is 0 Å². The molecule has 1 heterocycles. The highest BCUT2D eigenvalue weighted by molar-refractivity contribution is 8.00. The van der Waals surface area contributed by atoms with Crippen molar-refractivity contribution < 1.29 is 5.11 Å². The molecule has 0 aliphatic carbocycles. The fourth-order valence-corrected chi connectivity index (χ4v) is 3.41. The van der Waals surface area contributed by atoms with Gasteiger partial charge in [-0.25, -0.2) is 0 Å². The summed E-state index contributed by atoms with van der Waals surface area (Å²) in [4.78, 5) is 2.29. The van der Waals surface area contributed by atoms with Crippen LogP contribution in [0.25, 0.3) is 0 Å². The van der Waals surface area contributed by atoms with E-state index in [4.69, 9.17) is 5.11 Å². The lowest BCUT2D eigenvalue weighted by atomic mass is 10.1. The number of aliphatic hydroxyl groups is 1. The van der Waals surface area contributed by atoms with E-state index in [0.717, 1.165) is 36.5 Å². The lowest BCUT2D eigenvalue weighted by Gasteiger charge is -2.25. The molecule has 102 valence electrons. The van der Waals surface area contributed by atoms with Gasteiger partial charge in [0.05, 0.1) is 17.9 Å². The third kappa shape index (κ3) is 3.43. The lowest BCUT2D eigenvalue weighted by molar-refractivity contribution is 0.282. The fraction of sp³-hybridized carbons (Fsp3) is 0.533. The molecule has 1 saturated heterocycles. The number of hydrogen-bond donors (Lipinski definition) is 1. The van der Waals surface area contributed by atoms with Crippen molar-refractivity contribution >= 4 is 17.4 Å². The van der Waals surface area contributed by atoms with E-state index >= 15 is 0 Å². The number of aliphatic hydroxyl groups excluding tert-OH is 1. The largest absolute Gasteiger partial charge is 0.392 e. The predicted molar refractivity (Wildman–Crippen MR) is 80.4 cm³/mol. The molecule has 4 heteroatoms. The van der Waals surface area contributed by atoms with Crippen LogP contribution in [0.15, 0.2) is 18.2 Å². The predicted octanol–water partition coefficient (Wildman–Crippen LogP) is 2.77. The summed E-state index contributed by atoms with van der Waals surface area (Å²) in [7, 11) is 0. The highest BCUT2D eigenvalue weighted by Crippen LogP contribution is 2.33. The quantitative estimate of drug-likeness (QED) is 0.902. The van der Waals surface area contributed by atoms with Crippen LogP contribution in [0, 0.1) is 11.3 Å². The van der Waals surface area contributed by atoms with Gasteiger partial charge in [-0.05, 0) is 24.1 Å². The van der Waals surface area contributed by atoms with E-state index in [0.29, 0.717) is 10.3 Å².